The molecule has 2 aliphatic carbocycles. The number of nitrogens with zero attached hydrogens (tertiary/aromatic N) is 1. The number of likely N-dealkylation sites (tertiary alicyclic amines) is 1. The van der Waals surface area contributed by atoms with Crippen LogP contribution in [0.1, 0.15) is 56.9 Å². The molecule has 1 aromatic rings. The van der Waals surface area contributed by atoms with Gasteiger partial charge in [-0.3, -0.25) is 4.79 Å². The number of alkyl carbamates (subject to hydrolysis) is 1. The molecule has 1 saturated carbocycles. The molecule has 2 saturated heterocycles. The summed E-state index contributed by atoms with van der Waals surface area (Å²) in [5, 5.41) is 2.87. The number of amides is 2. The maximum Gasteiger partial charge on any atom is 0.407 e. The van der Waals surface area contributed by atoms with Gasteiger partial charge in [0.05, 0.1) is 13.2 Å². The van der Waals surface area contributed by atoms with Crippen LogP contribution in [0.3, 0.4) is 0 Å². The number of carbonyl (C=O) groups excluding carboxylic acids is 2. The van der Waals surface area contributed by atoms with Gasteiger partial charge in [0, 0.05) is 24.2 Å². The summed E-state index contributed by atoms with van der Waals surface area (Å²) >= 11 is 3.55. The van der Waals surface area contributed by atoms with Crippen molar-refractivity contribution in [2.24, 2.45) is 5.92 Å². The topological polar surface area (TPSA) is 67.9 Å². The van der Waals surface area contributed by atoms with Crippen molar-refractivity contribution in [1.82, 2.24) is 10.2 Å². The molecule has 6 nitrogen and oxygen atoms in total. The average molecular weight is 529 g/mol. The molecule has 2 amide bonds. The number of allylic oxidation sites excluding steroid dienone is 3. The monoisotopic (exact) mass is 528 g/mol. The van der Waals surface area contributed by atoms with E-state index in [-0.39, 0.29) is 17.9 Å². The first-order chi connectivity index (χ1) is 16.6. The Labute approximate surface area is 209 Å². The highest BCUT2D eigenvalue weighted by atomic mass is 79.9. The Kier molecular flexibility index (Phi) is 7.11. The molecule has 1 N–H and O–H groups in total. The minimum Gasteiger partial charge on any atom is -0.453 e. The number of ether oxygens (including phenoxy) is 2. The van der Waals surface area contributed by atoms with Crippen LogP contribution in [0, 0.1) is 5.92 Å². The lowest BCUT2D eigenvalue weighted by atomic mass is 9.90. The lowest BCUT2D eigenvalue weighted by Crippen LogP contribution is -2.54. The summed E-state index contributed by atoms with van der Waals surface area (Å²) in [6.45, 7) is 1.99. The van der Waals surface area contributed by atoms with E-state index in [1.54, 1.807) is 0 Å². The first-order valence-corrected chi connectivity index (χ1v) is 13.3. The van der Waals surface area contributed by atoms with Gasteiger partial charge in [-0.05, 0) is 97.3 Å². The Morgan fingerprint density at radius 1 is 1.06 bits per heavy atom. The maximum absolute atomic E-state index is 13.9. The highest BCUT2D eigenvalue weighted by Gasteiger charge is 2.42. The second-order valence-electron chi connectivity index (χ2n) is 9.75. The zero-order valence-electron chi connectivity index (χ0n) is 19.8. The number of benzene rings is 1. The van der Waals surface area contributed by atoms with Gasteiger partial charge in [-0.15, -0.1) is 0 Å². The van der Waals surface area contributed by atoms with Gasteiger partial charge in [0.1, 0.15) is 6.04 Å². The fourth-order valence-corrected chi connectivity index (χ4v) is 6.53. The van der Waals surface area contributed by atoms with E-state index >= 15 is 0 Å². The van der Waals surface area contributed by atoms with E-state index in [9.17, 15) is 9.59 Å². The molecule has 2 heterocycles. The predicted octanol–water partition coefficient (Wildman–Crippen LogP) is 5.23. The van der Waals surface area contributed by atoms with Crippen molar-refractivity contribution in [2.45, 2.75) is 63.5 Å². The molecule has 0 radical (unpaired) electrons. The lowest BCUT2D eigenvalue weighted by Gasteiger charge is -2.35. The smallest absolute Gasteiger partial charge is 0.407 e. The van der Waals surface area contributed by atoms with Crippen LogP contribution in [-0.2, 0) is 14.3 Å². The Morgan fingerprint density at radius 2 is 1.79 bits per heavy atom. The van der Waals surface area contributed by atoms with Crippen molar-refractivity contribution in [2.75, 3.05) is 26.9 Å². The average Bonchev–Trinajstić information content (AvgIpc) is 3.60. The number of halogens is 1. The van der Waals surface area contributed by atoms with E-state index in [0.29, 0.717) is 13.2 Å². The fraction of sp³-hybridized carbons (Fsp3) is 0.556. The summed E-state index contributed by atoms with van der Waals surface area (Å²) in [6.07, 6.45) is 7.32. The summed E-state index contributed by atoms with van der Waals surface area (Å²) in [5.41, 5.74) is 7.15. The van der Waals surface area contributed by atoms with Gasteiger partial charge in [0.2, 0.25) is 5.91 Å². The molecule has 0 spiro atoms. The highest BCUT2D eigenvalue weighted by Crippen LogP contribution is 2.49. The van der Waals surface area contributed by atoms with Gasteiger partial charge in [0.25, 0.3) is 0 Å². The van der Waals surface area contributed by atoms with Crippen molar-refractivity contribution in [1.29, 1.82) is 0 Å². The van der Waals surface area contributed by atoms with Crippen LogP contribution in [0.25, 0.3) is 5.57 Å². The number of hydrogen-bond acceptors (Lipinski definition) is 4. The van der Waals surface area contributed by atoms with Crippen LogP contribution in [-0.4, -0.2) is 55.9 Å². The van der Waals surface area contributed by atoms with Crippen molar-refractivity contribution in [3.63, 3.8) is 0 Å². The molecule has 0 aromatic heterocycles. The minimum atomic E-state index is -0.564. The van der Waals surface area contributed by atoms with E-state index in [2.05, 4.69) is 50.4 Å². The number of rotatable bonds is 5. The second kappa shape index (κ2) is 10.2. The lowest BCUT2D eigenvalue weighted by molar-refractivity contribution is -0.136. The Morgan fingerprint density at radius 3 is 2.53 bits per heavy atom. The third kappa shape index (κ3) is 4.57. The Bertz CT molecular complexity index is 1010. The molecular weight excluding hydrogens is 496 g/mol. The Balaban J connectivity index is 1.40. The van der Waals surface area contributed by atoms with Gasteiger partial charge in [0.15, 0.2) is 0 Å². The third-order valence-corrected chi connectivity index (χ3v) is 8.46. The van der Waals surface area contributed by atoms with E-state index < -0.39 is 12.1 Å². The largest absolute Gasteiger partial charge is 0.453 e. The van der Waals surface area contributed by atoms with E-state index in [1.165, 1.54) is 41.4 Å². The van der Waals surface area contributed by atoms with E-state index in [1.807, 2.05) is 0 Å². The predicted molar refractivity (Wildman–Crippen MR) is 134 cm³/mol. The quantitative estimate of drug-likeness (QED) is 0.568. The standard InChI is InChI=1S/C27H33BrN2O4/c1-33-27(32)29-25(18-11-14-34-15-12-18)26(31)30-13-3-6-24(30)23-16-22(20-4-2-5-21(20)23)17-7-9-19(28)10-8-17/h7-10,18,24-25H,2-6,11-16H2,1H3,(H,29,32). The highest BCUT2D eigenvalue weighted by molar-refractivity contribution is 9.10. The summed E-state index contributed by atoms with van der Waals surface area (Å²) in [4.78, 5) is 28.1. The zero-order valence-corrected chi connectivity index (χ0v) is 21.4. The zero-order chi connectivity index (χ0) is 23.7. The van der Waals surface area contributed by atoms with Gasteiger partial charge in [-0.2, -0.15) is 0 Å². The van der Waals surface area contributed by atoms with Crippen LogP contribution in [0.5, 0.6) is 0 Å². The number of methoxy groups -OCH3 is 1. The minimum absolute atomic E-state index is 0.0320. The first kappa shape index (κ1) is 23.6. The molecule has 5 rings (SSSR count). The van der Waals surface area contributed by atoms with E-state index in [0.717, 1.165) is 56.0 Å². The van der Waals surface area contributed by atoms with Crippen LogP contribution < -0.4 is 5.32 Å². The van der Waals surface area contributed by atoms with Crippen molar-refractivity contribution in [3.05, 3.63) is 51.0 Å². The second-order valence-corrected chi connectivity index (χ2v) is 10.7. The van der Waals surface area contributed by atoms with Crippen molar-refractivity contribution in [3.8, 4) is 0 Å². The number of fused-ring (bicyclic) bond motifs is 1. The summed E-state index contributed by atoms with van der Waals surface area (Å²) in [5.74, 6) is 0.103. The molecule has 4 aliphatic rings. The third-order valence-electron chi connectivity index (χ3n) is 7.93. The summed E-state index contributed by atoms with van der Waals surface area (Å²) in [6, 6.07) is 8.17. The van der Waals surface area contributed by atoms with Crippen LogP contribution >= 0.6 is 15.9 Å². The molecule has 182 valence electrons. The first-order valence-electron chi connectivity index (χ1n) is 12.5. The molecule has 2 atom stereocenters. The summed E-state index contributed by atoms with van der Waals surface area (Å²) in [7, 11) is 1.35. The van der Waals surface area contributed by atoms with Gasteiger partial charge in [-0.25, -0.2) is 4.79 Å². The summed E-state index contributed by atoms with van der Waals surface area (Å²) < 4.78 is 11.5. The van der Waals surface area contributed by atoms with Crippen molar-refractivity contribution >= 4 is 33.5 Å². The fourth-order valence-electron chi connectivity index (χ4n) is 6.27. The SMILES string of the molecule is COC(=O)NC(C(=O)N1CCCC1C1=C2CCCC2=C(c2ccc(Br)cc2)C1)C1CCOCC1. The van der Waals surface area contributed by atoms with Gasteiger partial charge < -0.3 is 19.7 Å². The van der Waals surface area contributed by atoms with Gasteiger partial charge in [-0.1, -0.05) is 28.1 Å². The van der Waals surface area contributed by atoms with Gasteiger partial charge >= 0.3 is 6.09 Å². The molecular formula is C27H33BrN2O4. The normalized spacial score (nSPS) is 23.9. The molecule has 3 fully saturated rings. The Hall–Kier alpha value is -2.12. The van der Waals surface area contributed by atoms with Crippen LogP contribution in [0.4, 0.5) is 4.79 Å². The molecule has 2 unspecified atom stereocenters. The maximum atomic E-state index is 13.9. The van der Waals surface area contributed by atoms with Crippen LogP contribution in [0.15, 0.2) is 45.5 Å². The van der Waals surface area contributed by atoms with Crippen molar-refractivity contribution < 1.29 is 19.1 Å². The van der Waals surface area contributed by atoms with Crippen LogP contribution in [0.2, 0.25) is 0 Å². The molecule has 0 bridgehead atoms. The number of carbonyl (C=O) groups is 2. The van der Waals surface area contributed by atoms with E-state index in [4.69, 9.17) is 9.47 Å². The number of hydrogen-bond donors (Lipinski definition) is 1. The molecule has 2 aliphatic heterocycles. The molecule has 1 aromatic carbocycles. The molecule has 7 heteroatoms. The number of nitrogens with one attached hydrogen (secondary N) is 1. The molecule has 34 heavy (non-hydrogen) atoms.